The Hall–Kier alpha value is -0.890. The second kappa shape index (κ2) is 6.33. The van der Waals surface area contributed by atoms with Crippen molar-refractivity contribution in [2.45, 2.75) is 45.1 Å². The molecule has 0 unspecified atom stereocenters. The SMILES string of the molecule is CCC1CCC(Nc2cc(Cl)ccc2OC)CC1. The first kappa shape index (κ1) is 13.5. The second-order valence-electron chi connectivity index (χ2n) is 5.11. The molecular formula is C15H22ClNO. The molecule has 1 fully saturated rings. The molecule has 0 amide bonds. The average Bonchev–Trinajstić information content (AvgIpc) is 2.40. The van der Waals surface area contributed by atoms with Crippen LogP contribution in [-0.2, 0) is 0 Å². The molecule has 0 atom stereocenters. The van der Waals surface area contributed by atoms with Gasteiger partial charge in [-0.25, -0.2) is 0 Å². The average molecular weight is 268 g/mol. The van der Waals surface area contributed by atoms with Crippen LogP contribution in [-0.4, -0.2) is 13.2 Å². The summed E-state index contributed by atoms with van der Waals surface area (Å²) >= 11 is 6.04. The van der Waals surface area contributed by atoms with E-state index in [1.165, 1.54) is 32.1 Å². The van der Waals surface area contributed by atoms with E-state index >= 15 is 0 Å². The van der Waals surface area contributed by atoms with E-state index in [1.807, 2.05) is 18.2 Å². The fraction of sp³-hybridized carbons (Fsp3) is 0.600. The van der Waals surface area contributed by atoms with Gasteiger partial charge in [0.1, 0.15) is 5.75 Å². The van der Waals surface area contributed by atoms with Crippen molar-refractivity contribution >= 4 is 17.3 Å². The summed E-state index contributed by atoms with van der Waals surface area (Å²) in [5, 5.41) is 4.33. The molecule has 1 saturated carbocycles. The van der Waals surface area contributed by atoms with Crippen LogP contribution in [0.2, 0.25) is 5.02 Å². The molecule has 1 aliphatic rings. The number of methoxy groups -OCH3 is 1. The Labute approximate surface area is 115 Å². The summed E-state index contributed by atoms with van der Waals surface area (Å²) in [5.41, 5.74) is 1.02. The molecule has 100 valence electrons. The molecular weight excluding hydrogens is 246 g/mol. The number of hydrogen-bond donors (Lipinski definition) is 1. The Bertz CT molecular complexity index is 386. The first-order valence-electron chi connectivity index (χ1n) is 6.83. The van der Waals surface area contributed by atoms with Crippen molar-refractivity contribution in [1.82, 2.24) is 0 Å². The van der Waals surface area contributed by atoms with Crippen LogP contribution in [0.4, 0.5) is 5.69 Å². The zero-order valence-corrected chi connectivity index (χ0v) is 12.0. The number of ether oxygens (including phenoxy) is 1. The summed E-state index contributed by atoms with van der Waals surface area (Å²) in [4.78, 5) is 0. The second-order valence-corrected chi connectivity index (χ2v) is 5.55. The minimum Gasteiger partial charge on any atom is -0.495 e. The van der Waals surface area contributed by atoms with Crippen LogP contribution in [0.1, 0.15) is 39.0 Å². The molecule has 0 saturated heterocycles. The lowest BCUT2D eigenvalue weighted by Crippen LogP contribution is -2.26. The van der Waals surface area contributed by atoms with Crippen LogP contribution >= 0.6 is 11.6 Å². The zero-order chi connectivity index (χ0) is 13.0. The molecule has 0 spiro atoms. The fourth-order valence-electron chi connectivity index (χ4n) is 2.73. The summed E-state index contributed by atoms with van der Waals surface area (Å²) in [5.74, 6) is 1.79. The van der Waals surface area contributed by atoms with E-state index in [9.17, 15) is 0 Å². The van der Waals surface area contributed by atoms with Crippen molar-refractivity contribution in [2.75, 3.05) is 12.4 Å². The number of nitrogens with one attached hydrogen (secondary N) is 1. The number of anilines is 1. The Kier molecular flexibility index (Phi) is 4.76. The third-order valence-corrected chi connectivity index (χ3v) is 4.18. The zero-order valence-electron chi connectivity index (χ0n) is 11.2. The summed E-state index contributed by atoms with van der Waals surface area (Å²) in [6.07, 6.45) is 6.46. The number of benzene rings is 1. The lowest BCUT2D eigenvalue weighted by atomic mass is 9.84. The highest BCUT2D eigenvalue weighted by Gasteiger charge is 2.20. The van der Waals surface area contributed by atoms with Crippen LogP contribution in [0.25, 0.3) is 0 Å². The van der Waals surface area contributed by atoms with Crippen molar-refractivity contribution in [3.05, 3.63) is 23.2 Å². The number of halogens is 1. The fourth-order valence-corrected chi connectivity index (χ4v) is 2.90. The molecule has 1 aliphatic carbocycles. The summed E-state index contributed by atoms with van der Waals surface area (Å²) < 4.78 is 5.36. The summed E-state index contributed by atoms with van der Waals surface area (Å²) in [6, 6.07) is 6.29. The van der Waals surface area contributed by atoms with Crippen molar-refractivity contribution in [3.63, 3.8) is 0 Å². The molecule has 0 aliphatic heterocycles. The number of rotatable bonds is 4. The minimum atomic E-state index is 0.556. The standard InChI is InChI=1S/C15H22ClNO/c1-3-11-4-7-13(8-5-11)17-14-10-12(16)6-9-15(14)18-2/h6,9-11,13,17H,3-5,7-8H2,1-2H3. The third kappa shape index (κ3) is 3.32. The van der Waals surface area contributed by atoms with Crippen molar-refractivity contribution in [1.29, 1.82) is 0 Å². The molecule has 2 rings (SSSR count). The molecule has 1 N–H and O–H groups in total. The van der Waals surface area contributed by atoms with E-state index in [1.54, 1.807) is 7.11 Å². The third-order valence-electron chi connectivity index (χ3n) is 3.95. The van der Waals surface area contributed by atoms with E-state index in [4.69, 9.17) is 16.3 Å². The Morgan fingerprint density at radius 1 is 1.28 bits per heavy atom. The minimum absolute atomic E-state index is 0.556. The van der Waals surface area contributed by atoms with Gasteiger partial charge in [0.15, 0.2) is 0 Å². The van der Waals surface area contributed by atoms with Gasteiger partial charge in [-0.1, -0.05) is 24.9 Å². The molecule has 3 heteroatoms. The van der Waals surface area contributed by atoms with E-state index in [0.717, 1.165) is 22.4 Å². The highest BCUT2D eigenvalue weighted by Crippen LogP contribution is 2.32. The molecule has 0 bridgehead atoms. The van der Waals surface area contributed by atoms with E-state index in [-0.39, 0.29) is 0 Å². The molecule has 2 nitrogen and oxygen atoms in total. The van der Waals surface area contributed by atoms with E-state index < -0.39 is 0 Å². The predicted octanol–water partition coefficient (Wildman–Crippen LogP) is 4.73. The van der Waals surface area contributed by atoms with Crippen LogP contribution in [0.5, 0.6) is 5.75 Å². The van der Waals surface area contributed by atoms with Crippen LogP contribution in [0.15, 0.2) is 18.2 Å². The van der Waals surface area contributed by atoms with Crippen molar-refractivity contribution < 1.29 is 4.74 Å². The largest absolute Gasteiger partial charge is 0.495 e. The van der Waals surface area contributed by atoms with Crippen LogP contribution in [0.3, 0.4) is 0 Å². The first-order chi connectivity index (χ1) is 8.72. The van der Waals surface area contributed by atoms with Crippen molar-refractivity contribution in [3.8, 4) is 5.75 Å². The van der Waals surface area contributed by atoms with Gasteiger partial charge in [0.25, 0.3) is 0 Å². The summed E-state index contributed by atoms with van der Waals surface area (Å²) in [7, 11) is 1.70. The molecule has 0 heterocycles. The Balaban J connectivity index is 1.99. The van der Waals surface area contributed by atoms with Crippen molar-refractivity contribution in [2.24, 2.45) is 5.92 Å². The number of hydrogen-bond acceptors (Lipinski definition) is 2. The van der Waals surface area contributed by atoms with Gasteiger partial charge >= 0.3 is 0 Å². The van der Waals surface area contributed by atoms with Gasteiger partial charge in [0, 0.05) is 11.1 Å². The normalized spacial score (nSPS) is 23.7. The lowest BCUT2D eigenvalue weighted by Gasteiger charge is -2.29. The van der Waals surface area contributed by atoms with Gasteiger partial charge in [-0.15, -0.1) is 0 Å². The Morgan fingerprint density at radius 2 is 2.00 bits per heavy atom. The van der Waals surface area contributed by atoms with Gasteiger partial charge in [-0.2, -0.15) is 0 Å². The molecule has 0 radical (unpaired) electrons. The molecule has 1 aromatic rings. The molecule has 1 aromatic carbocycles. The Morgan fingerprint density at radius 3 is 2.61 bits per heavy atom. The van der Waals surface area contributed by atoms with E-state index in [0.29, 0.717) is 6.04 Å². The van der Waals surface area contributed by atoms with Crippen LogP contribution < -0.4 is 10.1 Å². The predicted molar refractivity (Wildman–Crippen MR) is 77.7 cm³/mol. The topological polar surface area (TPSA) is 21.3 Å². The first-order valence-corrected chi connectivity index (χ1v) is 7.20. The van der Waals surface area contributed by atoms with Gasteiger partial charge in [0.05, 0.1) is 12.8 Å². The highest BCUT2D eigenvalue weighted by atomic mass is 35.5. The van der Waals surface area contributed by atoms with Crippen LogP contribution in [0, 0.1) is 5.92 Å². The lowest BCUT2D eigenvalue weighted by molar-refractivity contribution is 0.329. The molecule has 0 aromatic heterocycles. The quantitative estimate of drug-likeness (QED) is 0.852. The highest BCUT2D eigenvalue weighted by molar-refractivity contribution is 6.30. The van der Waals surface area contributed by atoms with Gasteiger partial charge in [-0.3, -0.25) is 0 Å². The maximum Gasteiger partial charge on any atom is 0.142 e. The van der Waals surface area contributed by atoms with Gasteiger partial charge in [-0.05, 0) is 49.8 Å². The maximum absolute atomic E-state index is 6.04. The van der Waals surface area contributed by atoms with Gasteiger partial charge in [0.2, 0.25) is 0 Å². The smallest absolute Gasteiger partial charge is 0.142 e. The molecule has 18 heavy (non-hydrogen) atoms. The summed E-state index contributed by atoms with van der Waals surface area (Å²) in [6.45, 7) is 2.29. The van der Waals surface area contributed by atoms with Gasteiger partial charge < -0.3 is 10.1 Å². The van der Waals surface area contributed by atoms with E-state index in [2.05, 4.69) is 12.2 Å². The maximum atomic E-state index is 6.04. The monoisotopic (exact) mass is 267 g/mol.